The first-order valence-corrected chi connectivity index (χ1v) is 7.95. The molecule has 112 valence electrons. The number of primary amides is 1. The SMILES string of the molecule is CCN(CC)S(=O)(=O)N1CCN(C)C[C@@H](C(N)=O)C1. The number of likely N-dealkylation sites (N-methyl/N-ethyl adjacent to an activating group) is 1. The third-order valence-electron chi connectivity index (χ3n) is 3.45. The lowest BCUT2D eigenvalue weighted by molar-refractivity contribution is -0.122. The highest BCUT2D eigenvalue weighted by atomic mass is 32.2. The first kappa shape index (κ1) is 16.4. The number of rotatable bonds is 5. The molecule has 0 unspecified atom stereocenters. The van der Waals surface area contributed by atoms with Gasteiger partial charge in [0, 0.05) is 39.3 Å². The lowest BCUT2D eigenvalue weighted by atomic mass is 10.1. The topological polar surface area (TPSA) is 87.0 Å². The van der Waals surface area contributed by atoms with Crippen molar-refractivity contribution in [2.75, 3.05) is 46.3 Å². The van der Waals surface area contributed by atoms with Crippen LogP contribution in [0.5, 0.6) is 0 Å². The van der Waals surface area contributed by atoms with Crippen molar-refractivity contribution in [2.24, 2.45) is 11.7 Å². The Hall–Kier alpha value is -0.700. The predicted molar refractivity (Wildman–Crippen MR) is 73.6 cm³/mol. The molecular formula is C11H24N4O3S. The maximum Gasteiger partial charge on any atom is 0.282 e. The third-order valence-corrected chi connectivity index (χ3v) is 5.60. The summed E-state index contributed by atoms with van der Waals surface area (Å²) in [6.45, 7) is 6.10. The fraction of sp³-hybridized carbons (Fsp3) is 0.909. The van der Waals surface area contributed by atoms with Gasteiger partial charge in [-0.05, 0) is 7.05 Å². The molecule has 1 aliphatic rings. The Bertz CT molecular complexity index is 408. The lowest BCUT2D eigenvalue weighted by Crippen LogP contribution is -2.47. The monoisotopic (exact) mass is 292 g/mol. The molecular weight excluding hydrogens is 268 g/mol. The zero-order valence-corrected chi connectivity index (χ0v) is 12.7. The molecule has 0 bridgehead atoms. The van der Waals surface area contributed by atoms with E-state index in [1.54, 1.807) is 13.8 Å². The average Bonchev–Trinajstić information content (AvgIpc) is 2.52. The summed E-state index contributed by atoms with van der Waals surface area (Å²) >= 11 is 0. The first-order chi connectivity index (χ1) is 8.82. The number of hydrogen-bond donors (Lipinski definition) is 1. The normalized spacial score (nSPS) is 23.5. The molecule has 1 rings (SSSR count). The van der Waals surface area contributed by atoms with Gasteiger partial charge in [-0.3, -0.25) is 4.79 Å². The molecule has 0 aromatic rings. The highest BCUT2D eigenvalue weighted by Crippen LogP contribution is 2.15. The van der Waals surface area contributed by atoms with Crippen molar-refractivity contribution >= 4 is 16.1 Å². The molecule has 1 saturated heterocycles. The van der Waals surface area contributed by atoms with Crippen molar-refractivity contribution in [1.29, 1.82) is 0 Å². The Kier molecular flexibility index (Phi) is 5.72. The van der Waals surface area contributed by atoms with E-state index < -0.39 is 22.0 Å². The van der Waals surface area contributed by atoms with Crippen molar-refractivity contribution in [3.8, 4) is 0 Å². The maximum atomic E-state index is 12.5. The van der Waals surface area contributed by atoms with Gasteiger partial charge in [0.2, 0.25) is 5.91 Å². The molecule has 0 saturated carbocycles. The lowest BCUT2D eigenvalue weighted by Gasteiger charge is -2.28. The van der Waals surface area contributed by atoms with E-state index in [9.17, 15) is 13.2 Å². The van der Waals surface area contributed by atoms with Gasteiger partial charge in [-0.25, -0.2) is 0 Å². The van der Waals surface area contributed by atoms with Crippen molar-refractivity contribution in [1.82, 2.24) is 13.5 Å². The molecule has 1 atom stereocenters. The number of nitrogens with zero attached hydrogens (tertiary/aromatic N) is 3. The largest absolute Gasteiger partial charge is 0.369 e. The number of amides is 1. The van der Waals surface area contributed by atoms with E-state index in [1.807, 2.05) is 11.9 Å². The quantitative estimate of drug-likeness (QED) is 0.698. The molecule has 0 aromatic carbocycles. The highest BCUT2D eigenvalue weighted by Gasteiger charge is 2.34. The van der Waals surface area contributed by atoms with Gasteiger partial charge in [-0.2, -0.15) is 17.0 Å². The van der Waals surface area contributed by atoms with Crippen LogP contribution < -0.4 is 5.73 Å². The summed E-state index contributed by atoms with van der Waals surface area (Å²) in [5, 5.41) is 0. The molecule has 0 aromatic heterocycles. The van der Waals surface area contributed by atoms with Gasteiger partial charge in [0.25, 0.3) is 10.2 Å². The van der Waals surface area contributed by atoms with Crippen LogP contribution in [-0.2, 0) is 15.0 Å². The molecule has 8 heteroatoms. The van der Waals surface area contributed by atoms with Crippen molar-refractivity contribution in [3.05, 3.63) is 0 Å². The minimum absolute atomic E-state index is 0.165. The Morgan fingerprint density at radius 3 is 2.32 bits per heavy atom. The van der Waals surface area contributed by atoms with E-state index >= 15 is 0 Å². The summed E-state index contributed by atoms with van der Waals surface area (Å²) in [5.74, 6) is -0.911. The van der Waals surface area contributed by atoms with E-state index in [0.717, 1.165) is 0 Å². The molecule has 2 N–H and O–H groups in total. The fourth-order valence-corrected chi connectivity index (χ4v) is 3.91. The molecule has 7 nitrogen and oxygen atoms in total. The van der Waals surface area contributed by atoms with Crippen molar-refractivity contribution in [3.63, 3.8) is 0 Å². The minimum atomic E-state index is -3.51. The van der Waals surface area contributed by atoms with Crippen LogP contribution >= 0.6 is 0 Å². The van der Waals surface area contributed by atoms with Crippen LogP contribution in [0.3, 0.4) is 0 Å². The van der Waals surface area contributed by atoms with Crippen LogP contribution in [-0.4, -0.2) is 74.2 Å². The molecule has 1 amide bonds. The van der Waals surface area contributed by atoms with Gasteiger partial charge in [-0.15, -0.1) is 0 Å². The Morgan fingerprint density at radius 2 is 1.84 bits per heavy atom. The van der Waals surface area contributed by atoms with Gasteiger partial charge < -0.3 is 10.6 Å². The van der Waals surface area contributed by atoms with E-state index in [4.69, 9.17) is 5.73 Å². The second-order valence-corrected chi connectivity index (χ2v) is 6.74. The van der Waals surface area contributed by atoms with Crippen LogP contribution in [0, 0.1) is 5.92 Å². The highest BCUT2D eigenvalue weighted by molar-refractivity contribution is 7.86. The van der Waals surface area contributed by atoms with E-state index in [-0.39, 0.29) is 6.54 Å². The summed E-state index contributed by atoms with van der Waals surface area (Å²) in [6.07, 6.45) is 0. The summed E-state index contributed by atoms with van der Waals surface area (Å²) in [7, 11) is -1.64. The molecule has 1 fully saturated rings. The standard InChI is InChI=1S/C11H24N4O3S/c1-4-14(5-2)19(17,18)15-7-6-13(3)8-10(9-15)11(12)16/h10H,4-9H2,1-3H3,(H2,12,16)/t10-/m1/s1. The maximum absolute atomic E-state index is 12.5. The first-order valence-electron chi connectivity index (χ1n) is 6.56. The predicted octanol–water partition coefficient (Wildman–Crippen LogP) is -1.08. The van der Waals surface area contributed by atoms with Crippen LogP contribution in [0.15, 0.2) is 0 Å². The third kappa shape index (κ3) is 3.88. The van der Waals surface area contributed by atoms with Crippen LogP contribution in [0.2, 0.25) is 0 Å². The Balaban J connectivity index is 2.95. The Morgan fingerprint density at radius 1 is 1.26 bits per heavy atom. The molecule has 1 heterocycles. The summed E-state index contributed by atoms with van der Waals surface area (Å²) < 4.78 is 27.7. The van der Waals surface area contributed by atoms with Gasteiger partial charge in [-0.1, -0.05) is 13.8 Å². The molecule has 1 aliphatic heterocycles. The summed E-state index contributed by atoms with van der Waals surface area (Å²) in [6, 6.07) is 0. The molecule has 19 heavy (non-hydrogen) atoms. The van der Waals surface area contributed by atoms with Gasteiger partial charge >= 0.3 is 0 Å². The molecule has 0 radical (unpaired) electrons. The van der Waals surface area contributed by atoms with Gasteiger partial charge in [0.1, 0.15) is 0 Å². The van der Waals surface area contributed by atoms with Crippen LogP contribution in [0.1, 0.15) is 13.8 Å². The fourth-order valence-electron chi connectivity index (χ4n) is 2.25. The second kappa shape index (κ2) is 6.65. The van der Waals surface area contributed by atoms with Crippen molar-refractivity contribution < 1.29 is 13.2 Å². The summed E-state index contributed by atoms with van der Waals surface area (Å²) in [4.78, 5) is 13.3. The second-order valence-electron chi connectivity index (χ2n) is 4.81. The Labute approximate surface area is 115 Å². The minimum Gasteiger partial charge on any atom is -0.369 e. The smallest absolute Gasteiger partial charge is 0.282 e. The zero-order chi connectivity index (χ0) is 14.6. The van der Waals surface area contributed by atoms with E-state index in [1.165, 1.54) is 8.61 Å². The van der Waals surface area contributed by atoms with Gasteiger partial charge in [0.05, 0.1) is 5.92 Å². The van der Waals surface area contributed by atoms with Gasteiger partial charge in [0.15, 0.2) is 0 Å². The van der Waals surface area contributed by atoms with Crippen LogP contribution in [0.25, 0.3) is 0 Å². The number of nitrogens with two attached hydrogens (primary N) is 1. The van der Waals surface area contributed by atoms with Crippen molar-refractivity contribution in [2.45, 2.75) is 13.8 Å². The van der Waals surface area contributed by atoms with Crippen LogP contribution in [0.4, 0.5) is 0 Å². The number of carbonyl (C=O) groups excluding carboxylic acids is 1. The average molecular weight is 292 g/mol. The summed E-state index contributed by atoms with van der Waals surface area (Å²) in [5.41, 5.74) is 5.34. The van der Waals surface area contributed by atoms with E-state index in [2.05, 4.69) is 0 Å². The number of hydrogen-bond acceptors (Lipinski definition) is 4. The van der Waals surface area contributed by atoms with E-state index in [0.29, 0.717) is 32.7 Å². The molecule has 0 spiro atoms. The zero-order valence-electron chi connectivity index (χ0n) is 11.9. The number of carbonyl (C=O) groups is 1. The molecule has 0 aliphatic carbocycles.